The number of halogens is 1. The number of Topliss-reactive ketones (excluding diaryl/α,β-unsaturated/α-hetero) is 1. The molecule has 1 aromatic heterocycles. The minimum Gasteiger partial charge on any atom is -0.358 e. The van der Waals surface area contributed by atoms with Crippen LogP contribution in [0.15, 0.2) is 66.2 Å². The number of benzene rings is 2. The number of thiophene rings is 1. The second-order valence-electron chi connectivity index (χ2n) is 8.62. The Balaban J connectivity index is 1.52. The van der Waals surface area contributed by atoms with Gasteiger partial charge in [-0.25, -0.2) is 4.90 Å². The Bertz CT molecular complexity index is 1350. The van der Waals surface area contributed by atoms with E-state index in [0.29, 0.717) is 15.6 Å². The first-order valence-corrected chi connectivity index (χ1v) is 12.0. The molecule has 0 unspecified atom stereocenters. The molecule has 0 aliphatic carbocycles. The third kappa shape index (κ3) is 2.87. The molecule has 6 rings (SSSR count). The largest absolute Gasteiger partial charge is 0.358 e. The molecule has 2 aromatic carbocycles. The maximum absolute atomic E-state index is 13.9. The number of hydrogen-bond donors (Lipinski definition) is 0. The molecule has 7 heteroatoms. The summed E-state index contributed by atoms with van der Waals surface area (Å²) in [6.45, 7) is 1.85. The lowest BCUT2D eigenvalue weighted by Gasteiger charge is -2.35. The van der Waals surface area contributed by atoms with E-state index in [1.54, 1.807) is 24.3 Å². The number of aryl methyl sites for hydroxylation is 1. The molecule has 0 N–H and O–H groups in total. The molecule has 4 heterocycles. The number of anilines is 1. The Kier molecular flexibility index (Phi) is 4.57. The van der Waals surface area contributed by atoms with E-state index in [1.807, 2.05) is 59.8 Å². The number of hydrogen-bond acceptors (Lipinski definition) is 5. The fraction of sp³-hybridized carbons (Fsp3) is 0.192. The third-order valence-electron chi connectivity index (χ3n) is 6.91. The number of amides is 2. The molecule has 4 atom stereocenters. The molecule has 2 fully saturated rings. The maximum Gasteiger partial charge on any atom is 0.240 e. The molecule has 3 aliphatic heterocycles. The smallest absolute Gasteiger partial charge is 0.240 e. The van der Waals surface area contributed by atoms with E-state index in [9.17, 15) is 14.4 Å². The lowest BCUT2D eigenvalue weighted by molar-refractivity contribution is -0.123. The second kappa shape index (κ2) is 7.40. The highest BCUT2D eigenvalue weighted by Gasteiger charge is 2.64. The molecule has 0 spiro atoms. The first-order valence-electron chi connectivity index (χ1n) is 10.7. The molecular formula is C26H19ClN2O3S. The lowest BCUT2D eigenvalue weighted by Crippen LogP contribution is -2.44. The summed E-state index contributed by atoms with van der Waals surface area (Å²) in [5, 5.41) is 2.30. The molecule has 0 bridgehead atoms. The zero-order valence-corrected chi connectivity index (χ0v) is 19.2. The van der Waals surface area contributed by atoms with E-state index < -0.39 is 17.9 Å². The van der Waals surface area contributed by atoms with Gasteiger partial charge in [0.15, 0.2) is 5.78 Å². The van der Waals surface area contributed by atoms with Gasteiger partial charge in [-0.05, 0) is 53.3 Å². The number of carbonyl (C=O) groups excluding carboxylic acids is 3. The summed E-state index contributed by atoms with van der Waals surface area (Å²) < 4.78 is 0. The molecule has 3 aromatic rings. The summed E-state index contributed by atoms with van der Waals surface area (Å²) in [4.78, 5) is 45.2. The molecule has 5 nitrogen and oxygen atoms in total. The van der Waals surface area contributed by atoms with Crippen LogP contribution in [0.5, 0.6) is 0 Å². The van der Waals surface area contributed by atoms with Crippen LogP contribution in [0, 0.1) is 18.8 Å². The third-order valence-corrected chi connectivity index (χ3v) is 8.03. The van der Waals surface area contributed by atoms with Crippen LogP contribution in [0.1, 0.15) is 32.4 Å². The number of fused-ring (bicyclic) bond motifs is 5. The van der Waals surface area contributed by atoms with Gasteiger partial charge in [-0.15, -0.1) is 11.3 Å². The van der Waals surface area contributed by atoms with Gasteiger partial charge in [0.05, 0.1) is 28.4 Å². The van der Waals surface area contributed by atoms with Crippen molar-refractivity contribution in [3.05, 3.63) is 92.8 Å². The Morgan fingerprint density at radius 1 is 1.00 bits per heavy atom. The average Bonchev–Trinajstić information content (AvgIpc) is 3.52. The van der Waals surface area contributed by atoms with E-state index >= 15 is 0 Å². The second-order valence-corrected chi connectivity index (χ2v) is 10.0. The maximum atomic E-state index is 13.9. The van der Waals surface area contributed by atoms with Gasteiger partial charge in [0.2, 0.25) is 11.8 Å². The van der Waals surface area contributed by atoms with E-state index in [4.69, 9.17) is 11.6 Å². The number of ketones is 1. The SMILES string of the molecule is Cc1ccc(Cl)cc1N1C(=O)[C@@H]2[C@H](C1=O)[C@H]1c3ccccc3C=CN1[C@@H]2C(=O)c1cccs1. The molecule has 0 saturated carbocycles. The first kappa shape index (κ1) is 20.4. The topological polar surface area (TPSA) is 57.7 Å². The summed E-state index contributed by atoms with van der Waals surface area (Å²) in [5.41, 5.74) is 3.23. The average molecular weight is 475 g/mol. The predicted octanol–water partition coefficient (Wildman–Crippen LogP) is 5.11. The Morgan fingerprint density at radius 3 is 2.58 bits per heavy atom. The zero-order valence-electron chi connectivity index (χ0n) is 17.6. The minimum atomic E-state index is -0.772. The van der Waals surface area contributed by atoms with E-state index in [0.717, 1.165) is 16.7 Å². The lowest BCUT2D eigenvalue weighted by atomic mass is 9.84. The van der Waals surface area contributed by atoms with Crippen LogP contribution < -0.4 is 4.90 Å². The van der Waals surface area contributed by atoms with Crippen LogP contribution in [0.3, 0.4) is 0 Å². The Morgan fingerprint density at radius 2 is 1.79 bits per heavy atom. The van der Waals surface area contributed by atoms with Crippen molar-refractivity contribution in [1.82, 2.24) is 4.90 Å². The van der Waals surface area contributed by atoms with Gasteiger partial charge in [0, 0.05) is 11.2 Å². The molecule has 2 saturated heterocycles. The summed E-state index contributed by atoms with van der Waals surface area (Å²) in [6.07, 6.45) is 3.83. The van der Waals surface area contributed by atoms with Crippen LogP contribution in [-0.2, 0) is 9.59 Å². The highest BCUT2D eigenvalue weighted by molar-refractivity contribution is 7.12. The van der Waals surface area contributed by atoms with Gasteiger partial charge in [-0.3, -0.25) is 14.4 Å². The van der Waals surface area contributed by atoms with Crippen molar-refractivity contribution in [3.8, 4) is 0 Å². The quantitative estimate of drug-likeness (QED) is 0.391. The van der Waals surface area contributed by atoms with Crippen LogP contribution >= 0.6 is 22.9 Å². The number of carbonyl (C=O) groups is 3. The monoisotopic (exact) mass is 474 g/mol. The van der Waals surface area contributed by atoms with Gasteiger partial charge < -0.3 is 4.90 Å². The van der Waals surface area contributed by atoms with Crippen molar-refractivity contribution in [1.29, 1.82) is 0 Å². The van der Waals surface area contributed by atoms with Crippen LogP contribution in [0.2, 0.25) is 5.02 Å². The van der Waals surface area contributed by atoms with E-state index in [-0.39, 0.29) is 23.6 Å². The molecule has 3 aliphatic rings. The van der Waals surface area contributed by atoms with Crippen LogP contribution in [0.25, 0.3) is 6.08 Å². The predicted molar refractivity (Wildman–Crippen MR) is 128 cm³/mol. The van der Waals surface area contributed by atoms with Gasteiger partial charge >= 0.3 is 0 Å². The summed E-state index contributed by atoms with van der Waals surface area (Å²) in [6, 6.07) is 15.5. The molecular weight excluding hydrogens is 456 g/mol. The van der Waals surface area contributed by atoms with E-state index in [2.05, 4.69) is 0 Å². The summed E-state index contributed by atoms with van der Waals surface area (Å²) in [7, 11) is 0. The minimum absolute atomic E-state index is 0.127. The summed E-state index contributed by atoms with van der Waals surface area (Å²) >= 11 is 7.57. The van der Waals surface area contributed by atoms with Gasteiger partial charge in [-0.2, -0.15) is 0 Å². The molecule has 0 radical (unpaired) electrons. The Labute approximate surface area is 199 Å². The van der Waals surface area contributed by atoms with Crippen molar-refractivity contribution in [3.63, 3.8) is 0 Å². The van der Waals surface area contributed by atoms with Crippen molar-refractivity contribution >= 4 is 52.3 Å². The standard InChI is InChI=1S/C26H19ClN2O3S/c1-14-8-9-16(27)13-18(14)29-25(31)20-21(26(29)32)23(24(30)19-7-4-12-33-19)28-11-10-15-5-2-3-6-17(15)22(20)28/h2-13,20-23H,1H3/t20-,21+,22+,23-/m0/s1. The fourth-order valence-electron chi connectivity index (χ4n) is 5.48. The van der Waals surface area contributed by atoms with E-state index in [1.165, 1.54) is 16.2 Å². The fourth-order valence-corrected chi connectivity index (χ4v) is 6.35. The molecule has 33 heavy (non-hydrogen) atoms. The first-order chi connectivity index (χ1) is 16.0. The van der Waals surface area contributed by atoms with Crippen LogP contribution in [-0.4, -0.2) is 28.5 Å². The van der Waals surface area contributed by atoms with Gasteiger partial charge in [0.25, 0.3) is 0 Å². The highest BCUT2D eigenvalue weighted by Crippen LogP contribution is 2.54. The molecule has 2 amide bonds. The molecule has 164 valence electrons. The zero-order chi connectivity index (χ0) is 22.9. The highest BCUT2D eigenvalue weighted by atomic mass is 35.5. The van der Waals surface area contributed by atoms with Crippen molar-refractivity contribution in [2.45, 2.75) is 19.0 Å². The summed E-state index contributed by atoms with van der Waals surface area (Å²) in [5.74, 6) is -2.18. The number of nitrogens with zero attached hydrogens (tertiary/aromatic N) is 2. The number of imide groups is 1. The number of rotatable bonds is 3. The van der Waals surface area contributed by atoms with Crippen LogP contribution in [0.4, 0.5) is 5.69 Å². The van der Waals surface area contributed by atoms with Crippen molar-refractivity contribution in [2.75, 3.05) is 4.90 Å². The normalized spacial score (nSPS) is 25.3. The van der Waals surface area contributed by atoms with Crippen molar-refractivity contribution < 1.29 is 14.4 Å². The Hall–Kier alpha value is -3.22. The van der Waals surface area contributed by atoms with Gasteiger partial charge in [-0.1, -0.05) is 48.0 Å². The van der Waals surface area contributed by atoms with Gasteiger partial charge in [0.1, 0.15) is 6.04 Å². The van der Waals surface area contributed by atoms with Crippen molar-refractivity contribution in [2.24, 2.45) is 11.8 Å².